The third-order valence-corrected chi connectivity index (χ3v) is 4.63. The Bertz CT molecular complexity index is 725. The molecule has 1 aliphatic carbocycles. The Balaban J connectivity index is 1.44. The highest BCUT2D eigenvalue weighted by atomic mass is 16.2. The van der Waals surface area contributed by atoms with E-state index in [0.29, 0.717) is 23.7 Å². The highest BCUT2D eigenvalue weighted by Crippen LogP contribution is 2.23. The van der Waals surface area contributed by atoms with E-state index in [1.54, 1.807) is 36.7 Å². The smallest absolute Gasteiger partial charge is 0.319 e. The molecule has 136 valence electrons. The molecule has 0 atom stereocenters. The summed E-state index contributed by atoms with van der Waals surface area (Å²) >= 11 is 0. The average molecular weight is 352 g/mol. The first-order valence-electron chi connectivity index (χ1n) is 9.03. The molecule has 0 unspecified atom stereocenters. The molecule has 0 bridgehead atoms. The molecule has 0 aliphatic heterocycles. The van der Waals surface area contributed by atoms with Gasteiger partial charge in [0, 0.05) is 36.7 Å². The van der Waals surface area contributed by atoms with Crippen LogP contribution in [0.5, 0.6) is 0 Å². The summed E-state index contributed by atoms with van der Waals surface area (Å²) in [6.45, 7) is 1.17. The van der Waals surface area contributed by atoms with E-state index in [1.807, 2.05) is 12.1 Å². The maximum atomic E-state index is 12.2. The van der Waals surface area contributed by atoms with E-state index in [2.05, 4.69) is 20.9 Å². The van der Waals surface area contributed by atoms with Gasteiger partial charge >= 0.3 is 6.03 Å². The van der Waals surface area contributed by atoms with Crippen LogP contribution in [0.2, 0.25) is 0 Å². The predicted molar refractivity (Wildman–Crippen MR) is 101 cm³/mol. The average Bonchev–Trinajstić information content (AvgIpc) is 3.19. The summed E-state index contributed by atoms with van der Waals surface area (Å²) in [5, 5.41) is 8.53. The molecule has 3 N–H and O–H groups in total. The van der Waals surface area contributed by atoms with Gasteiger partial charge in [-0.1, -0.05) is 12.8 Å². The number of nitrogens with one attached hydrogen (secondary N) is 3. The number of rotatable bonds is 6. The SMILES string of the molecule is O=C(NCc1ccncc1)Nc1ccc(C(=O)NCC2CCCC2)cc1. The van der Waals surface area contributed by atoms with Crippen LogP contribution in [-0.4, -0.2) is 23.5 Å². The van der Waals surface area contributed by atoms with E-state index in [4.69, 9.17) is 0 Å². The van der Waals surface area contributed by atoms with Crippen LogP contribution in [0.3, 0.4) is 0 Å². The standard InChI is InChI=1S/C20H24N4O2/c25-19(22-13-15-3-1-2-4-15)17-5-7-18(8-6-17)24-20(26)23-14-16-9-11-21-12-10-16/h5-12,15H,1-4,13-14H2,(H,22,25)(H2,23,24,26). The maximum absolute atomic E-state index is 12.2. The number of hydrogen-bond donors (Lipinski definition) is 3. The largest absolute Gasteiger partial charge is 0.352 e. The lowest BCUT2D eigenvalue weighted by Crippen LogP contribution is -2.29. The second-order valence-electron chi connectivity index (χ2n) is 6.60. The van der Waals surface area contributed by atoms with Crippen molar-refractivity contribution >= 4 is 17.6 Å². The number of pyridine rings is 1. The maximum Gasteiger partial charge on any atom is 0.319 e. The first-order valence-corrected chi connectivity index (χ1v) is 9.03. The van der Waals surface area contributed by atoms with E-state index in [0.717, 1.165) is 12.1 Å². The van der Waals surface area contributed by atoms with E-state index in [-0.39, 0.29) is 11.9 Å². The van der Waals surface area contributed by atoms with Crippen molar-refractivity contribution in [2.24, 2.45) is 5.92 Å². The van der Waals surface area contributed by atoms with Crippen molar-refractivity contribution in [2.45, 2.75) is 32.2 Å². The summed E-state index contributed by atoms with van der Waals surface area (Å²) < 4.78 is 0. The molecule has 3 amide bonds. The summed E-state index contributed by atoms with van der Waals surface area (Å²) in [5.41, 5.74) is 2.22. The number of carbonyl (C=O) groups is 2. The number of anilines is 1. The van der Waals surface area contributed by atoms with Gasteiger partial charge in [-0.3, -0.25) is 9.78 Å². The predicted octanol–water partition coefficient (Wildman–Crippen LogP) is 3.32. The molecular weight excluding hydrogens is 328 g/mol. The van der Waals surface area contributed by atoms with Crippen LogP contribution in [0, 0.1) is 5.92 Å². The minimum absolute atomic E-state index is 0.0643. The molecular formula is C20H24N4O2. The molecule has 0 radical (unpaired) electrons. The number of benzene rings is 1. The van der Waals surface area contributed by atoms with Crippen LogP contribution in [0.25, 0.3) is 0 Å². The monoisotopic (exact) mass is 352 g/mol. The summed E-state index contributed by atoms with van der Waals surface area (Å²) in [7, 11) is 0. The molecule has 0 spiro atoms. The Morgan fingerprint density at radius 3 is 2.35 bits per heavy atom. The first kappa shape index (κ1) is 17.9. The zero-order valence-electron chi connectivity index (χ0n) is 14.7. The van der Waals surface area contributed by atoms with Gasteiger partial charge in [-0.25, -0.2) is 4.79 Å². The number of hydrogen-bond acceptors (Lipinski definition) is 3. The van der Waals surface area contributed by atoms with Gasteiger partial charge in [0.25, 0.3) is 5.91 Å². The van der Waals surface area contributed by atoms with Gasteiger partial charge < -0.3 is 16.0 Å². The van der Waals surface area contributed by atoms with Crippen molar-refractivity contribution in [2.75, 3.05) is 11.9 Å². The van der Waals surface area contributed by atoms with E-state index < -0.39 is 0 Å². The number of nitrogens with zero attached hydrogens (tertiary/aromatic N) is 1. The Morgan fingerprint density at radius 1 is 0.962 bits per heavy atom. The first-order chi connectivity index (χ1) is 12.7. The fourth-order valence-corrected chi connectivity index (χ4v) is 3.12. The molecule has 3 rings (SSSR count). The quantitative estimate of drug-likeness (QED) is 0.746. The summed E-state index contributed by atoms with van der Waals surface area (Å²) in [6, 6.07) is 10.3. The van der Waals surface area contributed by atoms with Gasteiger partial charge in [-0.2, -0.15) is 0 Å². The highest BCUT2D eigenvalue weighted by Gasteiger charge is 2.16. The lowest BCUT2D eigenvalue weighted by Gasteiger charge is -2.11. The number of urea groups is 1. The van der Waals surface area contributed by atoms with Crippen LogP contribution < -0.4 is 16.0 Å². The van der Waals surface area contributed by atoms with Crippen LogP contribution in [0.1, 0.15) is 41.6 Å². The van der Waals surface area contributed by atoms with Gasteiger partial charge in [-0.15, -0.1) is 0 Å². The van der Waals surface area contributed by atoms with Crippen LogP contribution in [0.4, 0.5) is 10.5 Å². The Morgan fingerprint density at radius 2 is 1.65 bits per heavy atom. The number of carbonyl (C=O) groups excluding carboxylic acids is 2. The van der Waals surface area contributed by atoms with Crippen molar-refractivity contribution in [1.82, 2.24) is 15.6 Å². The molecule has 1 saturated carbocycles. The third-order valence-electron chi connectivity index (χ3n) is 4.63. The van der Waals surface area contributed by atoms with Gasteiger partial charge in [0.1, 0.15) is 0 Å². The molecule has 6 heteroatoms. The zero-order chi connectivity index (χ0) is 18.2. The molecule has 1 heterocycles. The van der Waals surface area contributed by atoms with Crippen LogP contribution >= 0.6 is 0 Å². The molecule has 1 aliphatic rings. The second kappa shape index (κ2) is 8.99. The Labute approximate surface area is 153 Å². The van der Waals surface area contributed by atoms with E-state index in [1.165, 1.54) is 25.7 Å². The van der Waals surface area contributed by atoms with Crippen molar-refractivity contribution in [3.8, 4) is 0 Å². The van der Waals surface area contributed by atoms with Crippen LogP contribution in [-0.2, 0) is 6.54 Å². The summed E-state index contributed by atoms with van der Waals surface area (Å²) in [4.78, 5) is 28.1. The van der Waals surface area contributed by atoms with Gasteiger partial charge in [0.15, 0.2) is 0 Å². The number of amides is 3. The molecule has 1 aromatic heterocycles. The van der Waals surface area contributed by atoms with Gasteiger partial charge in [-0.05, 0) is 60.7 Å². The van der Waals surface area contributed by atoms with Crippen molar-refractivity contribution in [1.29, 1.82) is 0 Å². The lowest BCUT2D eigenvalue weighted by molar-refractivity contribution is 0.0947. The van der Waals surface area contributed by atoms with Crippen molar-refractivity contribution in [3.63, 3.8) is 0 Å². The fourth-order valence-electron chi connectivity index (χ4n) is 3.12. The fraction of sp³-hybridized carbons (Fsp3) is 0.350. The van der Waals surface area contributed by atoms with Gasteiger partial charge in [0.05, 0.1) is 0 Å². The van der Waals surface area contributed by atoms with E-state index in [9.17, 15) is 9.59 Å². The Hall–Kier alpha value is -2.89. The van der Waals surface area contributed by atoms with Crippen molar-refractivity contribution < 1.29 is 9.59 Å². The second-order valence-corrected chi connectivity index (χ2v) is 6.60. The molecule has 1 fully saturated rings. The molecule has 2 aromatic rings. The minimum atomic E-state index is -0.291. The lowest BCUT2D eigenvalue weighted by atomic mass is 10.1. The highest BCUT2D eigenvalue weighted by molar-refractivity contribution is 5.95. The summed E-state index contributed by atoms with van der Waals surface area (Å²) in [6.07, 6.45) is 8.32. The molecule has 1 aromatic carbocycles. The third kappa shape index (κ3) is 5.31. The normalized spacial score (nSPS) is 14.0. The van der Waals surface area contributed by atoms with Crippen molar-refractivity contribution in [3.05, 3.63) is 59.9 Å². The number of aromatic nitrogens is 1. The minimum Gasteiger partial charge on any atom is -0.352 e. The van der Waals surface area contributed by atoms with Gasteiger partial charge in [0.2, 0.25) is 0 Å². The summed E-state index contributed by atoms with van der Waals surface area (Å²) in [5.74, 6) is 0.551. The molecule has 0 saturated heterocycles. The zero-order valence-corrected chi connectivity index (χ0v) is 14.7. The topological polar surface area (TPSA) is 83.1 Å². The molecule has 6 nitrogen and oxygen atoms in total. The van der Waals surface area contributed by atoms with Crippen LogP contribution in [0.15, 0.2) is 48.8 Å². The molecule has 26 heavy (non-hydrogen) atoms. The van der Waals surface area contributed by atoms with E-state index >= 15 is 0 Å². The Kier molecular flexibility index (Phi) is 6.19.